The van der Waals surface area contributed by atoms with E-state index in [4.69, 9.17) is 21.1 Å². The van der Waals surface area contributed by atoms with Crippen LogP contribution in [-0.4, -0.2) is 12.6 Å². The summed E-state index contributed by atoms with van der Waals surface area (Å²) in [6, 6.07) is 12.6. The Bertz CT molecular complexity index is 670. The van der Waals surface area contributed by atoms with Crippen molar-refractivity contribution >= 4 is 11.6 Å². The highest BCUT2D eigenvalue weighted by Crippen LogP contribution is 2.34. The summed E-state index contributed by atoms with van der Waals surface area (Å²) >= 11 is 6.46. The van der Waals surface area contributed by atoms with Gasteiger partial charge in [0.05, 0.1) is 6.61 Å². The molecule has 0 aliphatic carbocycles. The van der Waals surface area contributed by atoms with Crippen LogP contribution in [0.25, 0.3) is 0 Å². The van der Waals surface area contributed by atoms with Crippen LogP contribution >= 0.6 is 11.6 Å². The van der Waals surface area contributed by atoms with Crippen LogP contribution in [0.1, 0.15) is 43.9 Å². The van der Waals surface area contributed by atoms with Gasteiger partial charge in [-0.15, -0.1) is 0 Å². The van der Waals surface area contributed by atoms with E-state index in [9.17, 15) is 0 Å². The molecule has 0 saturated heterocycles. The summed E-state index contributed by atoms with van der Waals surface area (Å²) in [5.41, 5.74) is 3.37. The van der Waals surface area contributed by atoms with Crippen molar-refractivity contribution in [2.24, 2.45) is 0 Å². The van der Waals surface area contributed by atoms with Crippen LogP contribution in [-0.2, 0) is 13.2 Å². The Hall–Kier alpha value is -1.71. The first-order valence-corrected chi connectivity index (χ1v) is 9.28. The number of nitrogens with one attached hydrogen (secondary N) is 1. The van der Waals surface area contributed by atoms with E-state index in [0.717, 1.165) is 23.3 Å². The van der Waals surface area contributed by atoms with Crippen molar-refractivity contribution in [3.8, 4) is 11.5 Å². The van der Waals surface area contributed by atoms with Gasteiger partial charge in [0, 0.05) is 23.7 Å². The first-order valence-electron chi connectivity index (χ1n) is 8.90. The molecule has 2 aromatic rings. The maximum Gasteiger partial charge on any atom is 0.163 e. The summed E-state index contributed by atoms with van der Waals surface area (Å²) in [4.78, 5) is 0. The maximum atomic E-state index is 6.46. The lowest BCUT2D eigenvalue weighted by molar-refractivity contribution is 0.269. The van der Waals surface area contributed by atoms with E-state index in [0.29, 0.717) is 36.6 Å². The summed E-state index contributed by atoms with van der Waals surface area (Å²) in [5, 5.41) is 4.15. The van der Waals surface area contributed by atoms with Crippen molar-refractivity contribution in [3.05, 3.63) is 58.1 Å². The van der Waals surface area contributed by atoms with Crippen molar-refractivity contribution < 1.29 is 9.47 Å². The number of hydrogen-bond acceptors (Lipinski definition) is 3. The molecule has 0 aliphatic rings. The van der Waals surface area contributed by atoms with Gasteiger partial charge in [-0.25, -0.2) is 0 Å². The van der Waals surface area contributed by atoms with Crippen LogP contribution < -0.4 is 14.8 Å². The quantitative estimate of drug-likeness (QED) is 0.638. The predicted molar refractivity (Wildman–Crippen MR) is 105 cm³/mol. The summed E-state index contributed by atoms with van der Waals surface area (Å²) in [7, 11) is 0. The van der Waals surface area contributed by atoms with Crippen LogP contribution in [0.3, 0.4) is 0 Å². The van der Waals surface area contributed by atoms with Gasteiger partial charge in [0.2, 0.25) is 0 Å². The SMILES string of the molecule is CCOc1cc(CNC(C)CC)c(Cl)cc1OCc1ccc(C)cc1. The van der Waals surface area contributed by atoms with Gasteiger partial charge in [-0.05, 0) is 44.4 Å². The number of benzene rings is 2. The molecular formula is C21H28ClNO2. The average Bonchev–Trinajstić information content (AvgIpc) is 2.61. The van der Waals surface area contributed by atoms with Crippen molar-refractivity contribution in [1.29, 1.82) is 0 Å². The molecule has 1 atom stereocenters. The van der Waals surface area contributed by atoms with Crippen molar-refractivity contribution in [1.82, 2.24) is 5.32 Å². The molecule has 0 saturated carbocycles. The van der Waals surface area contributed by atoms with Crippen LogP contribution in [0.2, 0.25) is 5.02 Å². The Morgan fingerprint density at radius 3 is 2.36 bits per heavy atom. The maximum absolute atomic E-state index is 6.46. The average molecular weight is 362 g/mol. The second-order valence-corrected chi connectivity index (χ2v) is 6.70. The molecule has 136 valence electrons. The molecule has 0 aliphatic heterocycles. The third-order valence-corrected chi connectivity index (χ3v) is 4.53. The molecule has 1 unspecified atom stereocenters. The molecule has 0 radical (unpaired) electrons. The lowest BCUT2D eigenvalue weighted by Crippen LogP contribution is -2.24. The third-order valence-electron chi connectivity index (χ3n) is 4.18. The highest BCUT2D eigenvalue weighted by Gasteiger charge is 2.12. The van der Waals surface area contributed by atoms with Crippen LogP contribution in [0, 0.1) is 6.92 Å². The first kappa shape index (κ1) is 19.6. The van der Waals surface area contributed by atoms with E-state index in [-0.39, 0.29) is 0 Å². The Balaban J connectivity index is 2.13. The van der Waals surface area contributed by atoms with E-state index in [1.807, 2.05) is 19.1 Å². The van der Waals surface area contributed by atoms with E-state index in [1.165, 1.54) is 5.56 Å². The van der Waals surface area contributed by atoms with Gasteiger partial charge >= 0.3 is 0 Å². The number of rotatable bonds is 9. The molecule has 0 amide bonds. The molecule has 0 fully saturated rings. The summed E-state index contributed by atoms with van der Waals surface area (Å²) < 4.78 is 11.7. The van der Waals surface area contributed by atoms with Crippen molar-refractivity contribution in [2.75, 3.05) is 6.61 Å². The Labute approximate surface area is 156 Å². The molecule has 1 N–H and O–H groups in total. The highest BCUT2D eigenvalue weighted by atomic mass is 35.5. The second-order valence-electron chi connectivity index (χ2n) is 6.29. The van der Waals surface area contributed by atoms with Crippen molar-refractivity contribution in [3.63, 3.8) is 0 Å². The molecule has 2 rings (SSSR count). The normalized spacial score (nSPS) is 12.0. The Morgan fingerprint density at radius 1 is 1.04 bits per heavy atom. The van der Waals surface area contributed by atoms with Crippen molar-refractivity contribution in [2.45, 2.75) is 53.3 Å². The van der Waals surface area contributed by atoms with E-state index in [2.05, 4.69) is 50.4 Å². The molecular weight excluding hydrogens is 334 g/mol. The van der Waals surface area contributed by atoms with Gasteiger partial charge in [-0.2, -0.15) is 0 Å². The van der Waals surface area contributed by atoms with E-state index in [1.54, 1.807) is 0 Å². The largest absolute Gasteiger partial charge is 0.490 e. The fraction of sp³-hybridized carbons (Fsp3) is 0.429. The lowest BCUT2D eigenvalue weighted by atomic mass is 10.1. The van der Waals surface area contributed by atoms with E-state index < -0.39 is 0 Å². The highest BCUT2D eigenvalue weighted by molar-refractivity contribution is 6.31. The van der Waals surface area contributed by atoms with Gasteiger partial charge in [0.1, 0.15) is 6.61 Å². The summed E-state index contributed by atoms with van der Waals surface area (Å²) in [6.45, 7) is 10.1. The van der Waals surface area contributed by atoms with Gasteiger partial charge in [0.15, 0.2) is 11.5 Å². The number of aryl methyl sites for hydroxylation is 1. The minimum Gasteiger partial charge on any atom is -0.490 e. The second kappa shape index (κ2) is 9.69. The molecule has 0 aromatic heterocycles. The smallest absolute Gasteiger partial charge is 0.163 e. The molecule has 0 heterocycles. The Kier molecular flexibility index (Phi) is 7.60. The van der Waals surface area contributed by atoms with Gasteiger partial charge < -0.3 is 14.8 Å². The zero-order valence-electron chi connectivity index (χ0n) is 15.6. The minimum absolute atomic E-state index is 0.448. The fourth-order valence-electron chi connectivity index (χ4n) is 2.37. The summed E-state index contributed by atoms with van der Waals surface area (Å²) in [5.74, 6) is 1.42. The van der Waals surface area contributed by atoms with Crippen LogP contribution in [0.4, 0.5) is 0 Å². The zero-order chi connectivity index (χ0) is 18.2. The van der Waals surface area contributed by atoms with Gasteiger partial charge in [-0.3, -0.25) is 0 Å². The monoisotopic (exact) mass is 361 g/mol. The van der Waals surface area contributed by atoms with Crippen LogP contribution in [0.15, 0.2) is 36.4 Å². The third kappa shape index (κ3) is 5.94. The number of ether oxygens (including phenoxy) is 2. The summed E-state index contributed by atoms with van der Waals surface area (Å²) in [6.07, 6.45) is 1.08. The first-order chi connectivity index (χ1) is 12.0. The Morgan fingerprint density at radius 2 is 1.72 bits per heavy atom. The molecule has 0 spiro atoms. The molecule has 25 heavy (non-hydrogen) atoms. The number of hydrogen-bond donors (Lipinski definition) is 1. The molecule has 2 aromatic carbocycles. The number of halogens is 1. The lowest BCUT2D eigenvalue weighted by Gasteiger charge is -2.17. The zero-order valence-corrected chi connectivity index (χ0v) is 16.3. The standard InChI is InChI=1S/C21H28ClNO2/c1-5-16(4)23-13-18-11-20(24-6-2)21(12-19(18)22)25-14-17-9-7-15(3)8-10-17/h7-12,16,23H,5-6,13-14H2,1-4H3. The fourth-order valence-corrected chi connectivity index (χ4v) is 2.59. The molecule has 4 heteroatoms. The minimum atomic E-state index is 0.448. The topological polar surface area (TPSA) is 30.5 Å². The van der Waals surface area contributed by atoms with E-state index >= 15 is 0 Å². The van der Waals surface area contributed by atoms with Gasteiger partial charge in [0.25, 0.3) is 0 Å². The molecule has 3 nitrogen and oxygen atoms in total. The van der Waals surface area contributed by atoms with Gasteiger partial charge in [-0.1, -0.05) is 48.4 Å². The predicted octanol–water partition coefficient (Wildman–Crippen LogP) is 5.51. The molecule has 0 bridgehead atoms. The van der Waals surface area contributed by atoms with Crippen LogP contribution in [0.5, 0.6) is 11.5 Å².